The number of carboxylic acids is 3. The van der Waals surface area contributed by atoms with Gasteiger partial charge in [0.1, 0.15) is 12.6 Å². The minimum atomic E-state index is -1.86. The van der Waals surface area contributed by atoms with Crippen molar-refractivity contribution in [1.82, 2.24) is 15.7 Å². The molecule has 0 unspecified atom stereocenters. The van der Waals surface area contributed by atoms with Gasteiger partial charge in [-0.05, 0) is 31.2 Å². The number of alkyl carbamates (subject to hydrolysis) is 1. The van der Waals surface area contributed by atoms with E-state index in [1.165, 1.54) is 0 Å². The van der Waals surface area contributed by atoms with Gasteiger partial charge < -0.3 is 30.7 Å². The number of carbonyl (C=O) groups excluding carboxylic acids is 2. The highest BCUT2D eigenvalue weighted by atomic mass is 16.5. The summed E-state index contributed by atoms with van der Waals surface area (Å²) >= 11 is 0. The number of unbranched alkanes of at least 4 members (excludes halogenated alkanes) is 1. The first-order valence-corrected chi connectivity index (χ1v) is 10.0. The molecule has 3 amide bonds. The van der Waals surface area contributed by atoms with E-state index >= 15 is 0 Å². The van der Waals surface area contributed by atoms with Gasteiger partial charge >= 0.3 is 30.0 Å². The highest BCUT2D eigenvalue weighted by molar-refractivity contribution is 5.85. The Morgan fingerprint density at radius 1 is 0.939 bits per heavy atom. The third-order valence-corrected chi connectivity index (χ3v) is 4.42. The molecule has 0 spiro atoms. The Hall–Kier alpha value is -3.87. The number of nitrogens with zero attached hydrogens (tertiary/aromatic N) is 1. The molecular weight excluding hydrogens is 442 g/mol. The SMILES string of the molecule is O=C(O)CC[C@@H](C(=O)O)N(O)C(=O)N[C@@H](CCCCNC(=O)OCc1ccccc1)C(=O)O. The molecule has 1 aromatic carbocycles. The molecule has 0 saturated heterocycles. The van der Waals surface area contributed by atoms with Gasteiger partial charge in [-0.25, -0.2) is 19.2 Å². The zero-order valence-corrected chi connectivity index (χ0v) is 17.7. The molecule has 0 aliphatic carbocycles. The second kappa shape index (κ2) is 14.2. The summed E-state index contributed by atoms with van der Waals surface area (Å²) in [6.07, 6.45) is -1.27. The minimum Gasteiger partial charge on any atom is -0.481 e. The maximum atomic E-state index is 12.0. The Bertz CT molecular complexity index is 818. The van der Waals surface area contributed by atoms with Gasteiger partial charge in [-0.1, -0.05) is 30.3 Å². The molecule has 6 N–H and O–H groups in total. The summed E-state index contributed by atoms with van der Waals surface area (Å²) in [6.45, 7) is 0.289. The van der Waals surface area contributed by atoms with Crippen molar-refractivity contribution in [2.75, 3.05) is 6.54 Å². The lowest BCUT2D eigenvalue weighted by molar-refractivity contribution is -0.158. The third-order valence-electron chi connectivity index (χ3n) is 4.42. The fourth-order valence-corrected chi connectivity index (χ4v) is 2.66. The van der Waals surface area contributed by atoms with E-state index in [9.17, 15) is 34.3 Å². The lowest BCUT2D eigenvalue weighted by Gasteiger charge is -2.24. The van der Waals surface area contributed by atoms with Gasteiger partial charge in [0, 0.05) is 13.0 Å². The summed E-state index contributed by atoms with van der Waals surface area (Å²) in [6, 6.07) is 4.36. The summed E-state index contributed by atoms with van der Waals surface area (Å²) in [5.74, 6) is -4.38. The van der Waals surface area contributed by atoms with Gasteiger partial charge in [0.05, 0.1) is 0 Å². The van der Waals surface area contributed by atoms with Crippen LogP contribution in [0.4, 0.5) is 9.59 Å². The molecule has 13 heteroatoms. The van der Waals surface area contributed by atoms with Crippen LogP contribution in [0.1, 0.15) is 37.7 Å². The topological polar surface area (TPSA) is 203 Å². The fourth-order valence-electron chi connectivity index (χ4n) is 2.66. The maximum absolute atomic E-state index is 12.0. The second-order valence-electron chi connectivity index (χ2n) is 6.96. The number of benzene rings is 1. The lowest BCUT2D eigenvalue weighted by Crippen LogP contribution is -2.52. The van der Waals surface area contributed by atoms with E-state index in [1.807, 2.05) is 23.5 Å². The van der Waals surface area contributed by atoms with E-state index in [0.29, 0.717) is 6.42 Å². The number of carbonyl (C=O) groups is 5. The molecule has 182 valence electrons. The fraction of sp³-hybridized carbons (Fsp3) is 0.450. The molecule has 0 fully saturated rings. The first kappa shape index (κ1) is 27.2. The largest absolute Gasteiger partial charge is 0.481 e. The summed E-state index contributed by atoms with van der Waals surface area (Å²) in [4.78, 5) is 56.8. The van der Waals surface area contributed by atoms with E-state index < -0.39 is 55.0 Å². The second-order valence-corrected chi connectivity index (χ2v) is 6.96. The molecule has 1 aromatic rings. The number of aliphatic carboxylic acids is 3. The molecule has 13 nitrogen and oxygen atoms in total. The van der Waals surface area contributed by atoms with Crippen LogP contribution < -0.4 is 10.6 Å². The molecule has 0 saturated carbocycles. The zero-order valence-electron chi connectivity index (χ0n) is 17.7. The van der Waals surface area contributed by atoms with E-state index in [1.54, 1.807) is 12.1 Å². The normalized spacial score (nSPS) is 12.2. The molecule has 0 aliphatic rings. The van der Waals surface area contributed by atoms with Gasteiger partial charge in [0.2, 0.25) is 0 Å². The van der Waals surface area contributed by atoms with Crippen LogP contribution in [0.5, 0.6) is 0 Å². The summed E-state index contributed by atoms with van der Waals surface area (Å²) in [7, 11) is 0. The average Bonchev–Trinajstić information content (AvgIpc) is 2.76. The quantitative estimate of drug-likeness (QED) is 0.131. The molecule has 0 aliphatic heterocycles. The summed E-state index contributed by atoms with van der Waals surface area (Å²) in [5.41, 5.74) is 0.818. The summed E-state index contributed by atoms with van der Waals surface area (Å²) in [5, 5.41) is 41.0. The molecular formula is C20H27N3O10. The third kappa shape index (κ3) is 10.8. The monoisotopic (exact) mass is 469 g/mol. The Balaban J connectivity index is 2.39. The Morgan fingerprint density at radius 2 is 1.61 bits per heavy atom. The van der Waals surface area contributed by atoms with E-state index in [4.69, 9.17) is 14.9 Å². The number of rotatable bonds is 14. The first-order chi connectivity index (χ1) is 15.6. The van der Waals surface area contributed by atoms with Crippen LogP contribution in [0, 0.1) is 0 Å². The van der Waals surface area contributed by atoms with Crippen molar-refractivity contribution in [3.8, 4) is 0 Å². The van der Waals surface area contributed by atoms with Crippen molar-refractivity contribution >= 4 is 30.0 Å². The van der Waals surface area contributed by atoms with Crippen molar-refractivity contribution in [2.24, 2.45) is 0 Å². The van der Waals surface area contributed by atoms with Crippen LogP contribution in [-0.2, 0) is 25.7 Å². The summed E-state index contributed by atoms with van der Waals surface area (Å²) < 4.78 is 5.03. The Morgan fingerprint density at radius 3 is 2.18 bits per heavy atom. The smallest absolute Gasteiger partial charge is 0.407 e. The molecule has 2 atom stereocenters. The van der Waals surface area contributed by atoms with Crippen LogP contribution in [0.25, 0.3) is 0 Å². The van der Waals surface area contributed by atoms with Crippen LogP contribution in [-0.4, -0.2) is 74.3 Å². The predicted octanol–water partition coefficient (Wildman–Crippen LogP) is 1.26. The maximum Gasteiger partial charge on any atom is 0.407 e. The van der Waals surface area contributed by atoms with Crippen LogP contribution >= 0.6 is 0 Å². The number of hydrogen-bond donors (Lipinski definition) is 6. The first-order valence-electron chi connectivity index (χ1n) is 10.0. The predicted molar refractivity (Wildman–Crippen MR) is 110 cm³/mol. The number of hydroxylamine groups is 2. The minimum absolute atomic E-state index is 0.0669. The number of carboxylic acid groups (broad SMARTS) is 3. The Kier molecular flexibility index (Phi) is 11.7. The number of nitrogens with one attached hydrogen (secondary N) is 2. The molecule has 33 heavy (non-hydrogen) atoms. The number of ether oxygens (including phenoxy) is 1. The van der Waals surface area contributed by atoms with Crippen LogP contribution in [0.3, 0.4) is 0 Å². The Labute approximate surface area is 188 Å². The highest BCUT2D eigenvalue weighted by Crippen LogP contribution is 2.08. The van der Waals surface area contributed by atoms with E-state index in [2.05, 4.69) is 5.32 Å². The standard InChI is InChI=1S/C20H27N3O10/c24-16(25)10-9-15(18(28)29)23(32)19(30)22-14(17(26)27)8-4-5-11-21-20(31)33-12-13-6-2-1-3-7-13/h1-3,6-7,14-15,32H,4-5,8-12H2,(H,21,31)(H,22,30)(H,24,25)(H,26,27)(H,28,29)/t14-,15-/m0/s1. The number of amides is 3. The van der Waals surface area contributed by atoms with Crippen molar-refractivity contribution in [2.45, 2.75) is 50.8 Å². The molecule has 0 aromatic heterocycles. The molecule has 0 radical (unpaired) electrons. The molecule has 1 rings (SSSR count). The highest BCUT2D eigenvalue weighted by Gasteiger charge is 2.31. The lowest BCUT2D eigenvalue weighted by atomic mass is 10.1. The average molecular weight is 469 g/mol. The number of hydrogen-bond acceptors (Lipinski definition) is 7. The molecule has 0 heterocycles. The molecule has 0 bridgehead atoms. The zero-order chi connectivity index (χ0) is 24.8. The van der Waals surface area contributed by atoms with Gasteiger partial charge in [0.25, 0.3) is 0 Å². The van der Waals surface area contributed by atoms with Crippen molar-refractivity contribution in [1.29, 1.82) is 0 Å². The van der Waals surface area contributed by atoms with Crippen molar-refractivity contribution in [3.05, 3.63) is 35.9 Å². The van der Waals surface area contributed by atoms with Crippen LogP contribution in [0.15, 0.2) is 30.3 Å². The van der Waals surface area contributed by atoms with E-state index in [0.717, 1.165) is 5.56 Å². The van der Waals surface area contributed by atoms with Crippen molar-refractivity contribution < 1.29 is 49.2 Å². The van der Waals surface area contributed by atoms with Gasteiger partial charge in [0.15, 0.2) is 6.04 Å². The van der Waals surface area contributed by atoms with Gasteiger partial charge in [-0.2, -0.15) is 5.06 Å². The van der Waals surface area contributed by atoms with Gasteiger partial charge in [-0.3, -0.25) is 10.0 Å². The van der Waals surface area contributed by atoms with Crippen molar-refractivity contribution in [3.63, 3.8) is 0 Å². The number of urea groups is 1. The van der Waals surface area contributed by atoms with Crippen LogP contribution in [0.2, 0.25) is 0 Å². The van der Waals surface area contributed by atoms with E-state index in [-0.39, 0.29) is 31.1 Å². The van der Waals surface area contributed by atoms with Gasteiger partial charge in [-0.15, -0.1) is 0 Å².